The zero-order valence-electron chi connectivity index (χ0n) is 19.9. The van der Waals surface area contributed by atoms with Crippen molar-refractivity contribution in [2.45, 2.75) is 91.3 Å². The van der Waals surface area contributed by atoms with E-state index in [-0.39, 0.29) is 54.1 Å². The van der Waals surface area contributed by atoms with Crippen molar-refractivity contribution in [3.63, 3.8) is 0 Å². The molecule has 11 atom stereocenters. The monoisotopic (exact) mass is 436 g/mol. The van der Waals surface area contributed by atoms with E-state index < -0.39 is 0 Å². The molecule has 0 aliphatic heterocycles. The molecule has 31 heavy (non-hydrogen) atoms. The van der Waals surface area contributed by atoms with E-state index in [2.05, 4.69) is 20.8 Å². The van der Waals surface area contributed by atoms with Crippen LogP contribution in [0.4, 0.5) is 0 Å². The van der Waals surface area contributed by atoms with Crippen molar-refractivity contribution in [1.82, 2.24) is 0 Å². The van der Waals surface area contributed by atoms with E-state index in [1.165, 1.54) is 6.42 Å². The van der Waals surface area contributed by atoms with Crippen LogP contribution >= 0.6 is 0 Å². The number of aliphatic hydroxyl groups is 3. The molecule has 4 aliphatic carbocycles. The zero-order valence-corrected chi connectivity index (χ0v) is 19.9. The maximum absolute atomic E-state index is 12.5. The Morgan fingerprint density at radius 2 is 1.68 bits per heavy atom. The van der Waals surface area contributed by atoms with E-state index in [4.69, 9.17) is 9.84 Å². The van der Waals surface area contributed by atoms with Gasteiger partial charge in [0.1, 0.15) is 6.61 Å². The van der Waals surface area contributed by atoms with Gasteiger partial charge >= 0.3 is 5.97 Å². The molecule has 5 heteroatoms. The molecular weight excluding hydrogens is 392 g/mol. The lowest BCUT2D eigenvalue weighted by Gasteiger charge is -2.62. The molecule has 5 nitrogen and oxygen atoms in total. The number of hydrogen-bond donors (Lipinski definition) is 3. The van der Waals surface area contributed by atoms with E-state index >= 15 is 0 Å². The molecule has 178 valence electrons. The molecule has 0 aromatic carbocycles. The zero-order chi connectivity index (χ0) is 22.6. The number of carbonyl (C=O) groups is 1. The Labute approximate surface area is 187 Å². The molecular formula is C26H44O5. The third-order valence-electron chi connectivity index (χ3n) is 10.9. The number of aliphatic hydroxyl groups excluding tert-OH is 3. The van der Waals surface area contributed by atoms with Crippen LogP contribution in [0.5, 0.6) is 0 Å². The summed E-state index contributed by atoms with van der Waals surface area (Å²) >= 11 is 0. The Morgan fingerprint density at radius 3 is 2.39 bits per heavy atom. The SMILES string of the molecule is CC(C(=O)OCCO)[C@@H](C)[C@H]1CCC2C3C(CC[C@@]21C)[C@@]1(C)CC[C@@H](O)CC1C[C@H]3O. The van der Waals surface area contributed by atoms with Gasteiger partial charge < -0.3 is 20.1 Å². The summed E-state index contributed by atoms with van der Waals surface area (Å²) < 4.78 is 5.24. The van der Waals surface area contributed by atoms with Crippen molar-refractivity contribution in [3.05, 3.63) is 0 Å². The van der Waals surface area contributed by atoms with Gasteiger partial charge in [0.15, 0.2) is 0 Å². The maximum Gasteiger partial charge on any atom is 0.309 e. The Morgan fingerprint density at radius 1 is 1.00 bits per heavy atom. The van der Waals surface area contributed by atoms with Gasteiger partial charge in [-0.05, 0) is 97.7 Å². The summed E-state index contributed by atoms with van der Waals surface area (Å²) in [6.07, 6.45) is 7.81. The topological polar surface area (TPSA) is 87.0 Å². The minimum absolute atomic E-state index is 0.0743. The molecule has 4 saturated carbocycles. The van der Waals surface area contributed by atoms with E-state index in [9.17, 15) is 15.0 Å². The van der Waals surface area contributed by atoms with Crippen molar-refractivity contribution in [2.24, 2.45) is 52.3 Å². The molecule has 0 aromatic heterocycles. The largest absolute Gasteiger partial charge is 0.463 e. The molecule has 0 radical (unpaired) electrons. The second-order valence-electron chi connectivity index (χ2n) is 12.0. The predicted octanol–water partition coefficient (Wildman–Crippen LogP) is 3.78. The summed E-state index contributed by atoms with van der Waals surface area (Å²) in [5.41, 5.74) is 0.403. The Balaban J connectivity index is 1.53. The second kappa shape index (κ2) is 8.61. The number of esters is 1. The fraction of sp³-hybridized carbons (Fsp3) is 0.962. The highest BCUT2D eigenvalue weighted by molar-refractivity contribution is 5.72. The average molecular weight is 437 g/mol. The van der Waals surface area contributed by atoms with Crippen LogP contribution in [-0.2, 0) is 9.53 Å². The lowest BCUT2D eigenvalue weighted by molar-refractivity contribution is -0.176. The fourth-order valence-electron chi connectivity index (χ4n) is 8.95. The van der Waals surface area contributed by atoms with Crippen LogP contribution in [0.1, 0.15) is 79.1 Å². The maximum atomic E-state index is 12.5. The number of rotatable bonds is 5. The van der Waals surface area contributed by atoms with Crippen molar-refractivity contribution in [3.8, 4) is 0 Å². The van der Waals surface area contributed by atoms with Gasteiger partial charge in [0.25, 0.3) is 0 Å². The smallest absolute Gasteiger partial charge is 0.309 e. The first-order chi connectivity index (χ1) is 14.6. The number of carbonyl (C=O) groups excluding carboxylic acids is 1. The van der Waals surface area contributed by atoms with Gasteiger partial charge in [0.05, 0.1) is 24.7 Å². The summed E-state index contributed by atoms with van der Waals surface area (Å²) in [6.45, 7) is 9.00. The third-order valence-corrected chi connectivity index (χ3v) is 10.9. The summed E-state index contributed by atoms with van der Waals surface area (Å²) in [5, 5.41) is 30.6. The quantitative estimate of drug-likeness (QED) is 0.571. The van der Waals surface area contributed by atoms with Crippen molar-refractivity contribution in [2.75, 3.05) is 13.2 Å². The van der Waals surface area contributed by atoms with Gasteiger partial charge in [0.2, 0.25) is 0 Å². The summed E-state index contributed by atoms with van der Waals surface area (Å²) in [7, 11) is 0. The van der Waals surface area contributed by atoms with Gasteiger partial charge in [-0.3, -0.25) is 4.79 Å². The standard InChI is InChI=1S/C26H44O5/c1-15(16(2)24(30)31-12-11-27)19-5-6-20-23-21(8-10-26(19,20)4)25(3)9-7-18(28)13-17(25)14-22(23)29/h15-23,27-29H,5-14H2,1-4H3/t15-,16?,17?,18-,19-,20?,21?,22-,23?,25+,26-/m1/s1. The predicted molar refractivity (Wildman–Crippen MR) is 119 cm³/mol. The summed E-state index contributed by atoms with van der Waals surface area (Å²) in [6, 6.07) is 0. The minimum Gasteiger partial charge on any atom is -0.463 e. The average Bonchev–Trinajstić information content (AvgIpc) is 3.09. The summed E-state index contributed by atoms with van der Waals surface area (Å²) in [4.78, 5) is 12.5. The molecule has 0 bridgehead atoms. The first-order valence-electron chi connectivity index (χ1n) is 12.8. The second-order valence-corrected chi connectivity index (χ2v) is 12.0. The lowest BCUT2D eigenvalue weighted by Crippen LogP contribution is -2.58. The van der Waals surface area contributed by atoms with E-state index in [0.717, 1.165) is 44.9 Å². The van der Waals surface area contributed by atoms with Crippen LogP contribution < -0.4 is 0 Å². The number of ether oxygens (including phenoxy) is 1. The van der Waals surface area contributed by atoms with Crippen LogP contribution in [0.3, 0.4) is 0 Å². The molecule has 4 fully saturated rings. The van der Waals surface area contributed by atoms with Crippen LogP contribution in [0.15, 0.2) is 0 Å². The molecule has 4 aliphatic rings. The van der Waals surface area contributed by atoms with Crippen LogP contribution in [0.25, 0.3) is 0 Å². The molecule has 0 saturated heterocycles. The normalized spacial score (nSPS) is 48.8. The van der Waals surface area contributed by atoms with Crippen LogP contribution in [0.2, 0.25) is 0 Å². The molecule has 5 unspecified atom stereocenters. The number of fused-ring (bicyclic) bond motifs is 5. The molecule has 0 heterocycles. The minimum atomic E-state index is -0.265. The molecule has 3 N–H and O–H groups in total. The Kier molecular flexibility index (Phi) is 6.53. The van der Waals surface area contributed by atoms with Gasteiger partial charge in [0, 0.05) is 0 Å². The lowest BCUT2D eigenvalue weighted by atomic mass is 9.43. The fourth-order valence-corrected chi connectivity index (χ4v) is 8.95. The van der Waals surface area contributed by atoms with Crippen LogP contribution in [0, 0.1) is 52.3 Å². The highest BCUT2D eigenvalue weighted by Crippen LogP contribution is 2.68. The third kappa shape index (κ3) is 3.77. The first kappa shape index (κ1) is 23.5. The van der Waals surface area contributed by atoms with Crippen molar-refractivity contribution < 1.29 is 24.9 Å². The van der Waals surface area contributed by atoms with Gasteiger partial charge in [-0.15, -0.1) is 0 Å². The molecule has 0 spiro atoms. The van der Waals surface area contributed by atoms with Gasteiger partial charge in [-0.1, -0.05) is 27.7 Å². The first-order valence-corrected chi connectivity index (χ1v) is 12.8. The van der Waals surface area contributed by atoms with Gasteiger partial charge in [-0.2, -0.15) is 0 Å². The summed E-state index contributed by atoms with van der Waals surface area (Å²) in [5.74, 6) is 2.16. The van der Waals surface area contributed by atoms with Crippen LogP contribution in [-0.4, -0.2) is 46.7 Å². The molecule has 0 aromatic rings. The molecule has 0 amide bonds. The molecule has 4 rings (SSSR count). The van der Waals surface area contributed by atoms with E-state index in [0.29, 0.717) is 29.6 Å². The van der Waals surface area contributed by atoms with Gasteiger partial charge in [-0.25, -0.2) is 0 Å². The highest BCUT2D eigenvalue weighted by Gasteiger charge is 2.63. The Hall–Kier alpha value is -0.650. The van der Waals surface area contributed by atoms with Crippen molar-refractivity contribution >= 4 is 5.97 Å². The number of hydrogen-bond acceptors (Lipinski definition) is 5. The van der Waals surface area contributed by atoms with E-state index in [1.54, 1.807) is 0 Å². The van der Waals surface area contributed by atoms with Crippen molar-refractivity contribution in [1.29, 1.82) is 0 Å². The Bertz CT molecular complexity index is 666. The van der Waals surface area contributed by atoms with E-state index in [1.807, 2.05) is 6.92 Å². The highest BCUT2D eigenvalue weighted by atomic mass is 16.5.